The molecule has 1 atom stereocenters. The number of hydrogen-bond donors (Lipinski definition) is 3. The van der Waals surface area contributed by atoms with Crippen LogP contribution in [0.4, 0.5) is 30.4 Å². The van der Waals surface area contributed by atoms with E-state index in [1.807, 2.05) is 0 Å². The average Bonchev–Trinajstić information content (AvgIpc) is 3.37. The normalized spacial score (nSPS) is 12.1. The summed E-state index contributed by atoms with van der Waals surface area (Å²) in [6.45, 7) is 2.99. The van der Waals surface area contributed by atoms with E-state index in [1.165, 1.54) is 31.6 Å². The molecule has 0 fully saturated rings. The van der Waals surface area contributed by atoms with E-state index in [1.54, 1.807) is 31.5 Å². The van der Waals surface area contributed by atoms with E-state index in [2.05, 4.69) is 35.9 Å². The first-order valence-corrected chi connectivity index (χ1v) is 12.2. The van der Waals surface area contributed by atoms with Gasteiger partial charge in [0.2, 0.25) is 0 Å². The Morgan fingerprint density at radius 3 is 2.47 bits per heavy atom. The van der Waals surface area contributed by atoms with Gasteiger partial charge in [-0.2, -0.15) is 13.2 Å². The van der Waals surface area contributed by atoms with Crippen LogP contribution in [0, 0.1) is 6.92 Å². The van der Waals surface area contributed by atoms with E-state index in [0.29, 0.717) is 10.7 Å². The molecule has 0 spiro atoms. The highest BCUT2D eigenvalue weighted by Crippen LogP contribution is 2.34. The summed E-state index contributed by atoms with van der Waals surface area (Å²) in [7, 11) is 0. The minimum absolute atomic E-state index is 0.00110. The maximum atomic E-state index is 13.2. The fourth-order valence-corrected chi connectivity index (χ4v) is 4.35. The molecular formula is C24H19ClF3N7O2S. The molecule has 196 valence electrons. The molecule has 4 aromatic rings. The third kappa shape index (κ3) is 6.23. The highest BCUT2D eigenvalue weighted by atomic mass is 35.5. The Balaban J connectivity index is 1.43. The van der Waals surface area contributed by atoms with Gasteiger partial charge >= 0.3 is 6.18 Å². The summed E-state index contributed by atoms with van der Waals surface area (Å²) < 4.78 is 39.5. The van der Waals surface area contributed by atoms with E-state index < -0.39 is 29.6 Å². The molecule has 3 aromatic heterocycles. The van der Waals surface area contributed by atoms with Crippen molar-refractivity contribution in [3.63, 3.8) is 0 Å². The molecular weight excluding hydrogens is 543 g/mol. The molecule has 14 heteroatoms. The van der Waals surface area contributed by atoms with E-state index in [-0.39, 0.29) is 32.7 Å². The van der Waals surface area contributed by atoms with Crippen molar-refractivity contribution in [3.8, 4) is 0 Å². The number of halogens is 4. The second kappa shape index (κ2) is 11.1. The Hall–Kier alpha value is -4.10. The van der Waals surface area contributed by atoms with Crippen LogP contribution in [0.5, 0.6) is 0 Å². The van der Waals surface area contributed by atoms with E-state index in [4.69, 9.17) is 11.6 Å². The first kappa shape index (κ1) is 26.9. The number of nitrogens with one attached hydrogen (secondary N) is 3. The Bertz CT molecular complexity index is 1480. The second-order valence-corrected chi connectivity index (χ2v) is 9.43. The number of rotatable bonds is 7. The smallest absolute Gasteiger partial charge is 0.342 e. The number of benzene rings is 1. The molecule has 0 aliphatic carbocycles. The maximum absolute atomic E-state index is 13.2. The van der Waals surface area contributed by atoms with Crippen LogP contribution >= 0.6 is 22.9 Å². The van der Waals surface area contributed by atoms with Crippen molar-refractivity contribution in [3.05, 3.63) is 87.0 Å². The van der Waals surface area contributed by atoms with Crippen LogP contribution in [0.3, 0.4) is 0 Å². The van der Waals surface area contributed by atoms with Gasteiger partial charge in [-0.3, -0.25) is 14.6 Å². The van der Waals surface area contributed by atoms with Gasteiger partial charge in [-0.05, 0) is 43.7 Å². The first-order chi connectivity index (χ1) is 18.0. The minimum atomic E-state index is -4.54. The summed E-state index contributed by atoms with van der Waals surface area (Å²) >= 11 is 7.34. The zero-order chi connectivity index (χ0) is 27.4. The van der Waals surface area contributed by atoms with Crippen LogP contribution in [-0.4, -0.2) is 31.8 Å². The molecule has 3 N–H and O–H groups in total. The molecule has 9 nitrogen and oxygen atoms in total. The Morgan fingerprint density at radius 1 is 1.03 bits per heavy atom. The number of carbonyl (C=O) groups is 2. The fraction of sp³-hybridized carbons (Fsp3) is 0.167. The number of pyridine rings is 1. The Morgan fingerprint density at radius 2 is 1.76 bits per heavy atom. The second-order valence-electron chi connectivity index (χ2n) is 7.99. The number of amides is 2. The molecule has 0 aliphatic heterocycles. The molecule has 2 amide bonds. The van der Waals surface area contributed by atoms with Crippen molar-refractivity contribution in [2.45, 2.75) is 26.1 Å². The van der Waals surface area contributed by atoms with Crippen molar-refractivity contribution < 1.29 is 22.8 Å². The van der Waals surface area contributed by atoms with Crippen LogP contribution < -0.4 is 16.0 Å². The standard InChI is InChI=1S/C24H19ClF3N7O2S/c1-12-3-4-15(9-16(12)24(26,27)28)35-21(36)17-10-30-23(38-17)13(2)33-22(37)19-18(25)20(32-11-31-19)34-14-5-7-29-8-6-14/h3-11,13H,1-2H3,(H,33,37)(H,35,36)(H,29,31,32,34)/t13-/m1/s1. The molecule has 0 saturated carbocycles. The summed E-state index contributed by atoms with van der Waals surface area (Å²) in [5.74, 6) is -0.998. The maximum Gasteiger partial charge on any atom is 0.416 e. The highest BCUT2D eigenvalue weighted by Gasteiger charge is 2.32. The van der Waals surface area contributed by atoms with Crippen molar-refractivity contribution >= 4 is 51.9 Å². The third-order valence-corrected chi connectivity index (χ3v) is 6.75. The Labute approximate surface area is 223 Å². The van der Waals surface area contributed by atoms with Gasteiger partial charge in [-0.1, -0.05) is 17.7 Å². The number of carbonyl (C=O) groups excluding carboxylic acids is 2. The van der Waals surface area contributed by atoms with Crippen molar-refractivity contribution in [1.82, 2.24) is 25.3 Å². The average molecular weight is 562 g/mol. The molecule has 0 aliphatic rings. The topological polar surface area (TPSA) is 122 Å². The summed E-state index contributed by atoms with van der Waals surface area (Å²) in [5, 5.41) is 8.54. The van der Waals surface area contributed by atoms with Gasteiger partial charge in [-0.25, -0.2) is 15.0 Å². The minimum Gasteiger partial charge on any atom is -0.342 e. The number of aromatic nitrogens is 4. The van der Waals surface area contributed by atoms with Gasteiger partial charge < -0.3 is 16.0 Å². The van der Waals surface area contributed by atoms with Gasteiger partial charge in [-0.15, -0.1) is 11.3 Å². The largest absolute Gasteiger partial charge is 0.416 e. The molecule has 4 rings (SSSR count). The first-order valence-electron chi connectivity index (χ1n) is 11.0. The van der Waals surface area contributed by atoms with Gasteiger partial charge in [0.15, 0.2) is 11.5 Å². The monoisotopic (exact) mass is 561 g/mol. The highest BCUT2D eigenvalue weighted by molar-refractivity contribution is 7.13. The van der Waals surface area contributed by atoms with Crippen LogP contribution in [0.2, 0.25) is 5.02 Å². The van der Waals surface area contributed by atoms with Crippen molar-refractivity contribution in [2.24, 2.45) is 0 Å². The number of aryl methyl sites for hydroxylation is 1. The number of alkyl halides is 3. The predicted octanol–water partition coefficient (Wildman–Crippen LogP) is 5.80. The number of thiazole rings is 1. The SMILES string of the molecule is Cc1ccc(NC(=O)c2cnc([C@@H](C)NC(=O)c3ncnc(Nc4ccncc4)c3Cl)s2)cc1C(F)(F)F. The molecule has 0 bridgehead atoms. The molecule has 3 heterocycles. The summed E-state index contributed by atoms with van der Waals surface area (Å²) in [6, 6.07) is 6.31. The van der Waals surface area contributed by atoms with E-state index in [0.717, 1.165) is 17.4 Å². The molecule has 0 radical (unpaired) electrons. The lowest BCUT2D eigenvalue weighted by Crippen LogP contribution is -2.28. The number of hydrogen-bond acceptors (Lipinski definition) is 8. The summed E-state index contributed by atoms with van der Waals surface area (Å²) in [6.07, 6.45) is 1.09. The van der Waals surface area contributed by atoms with Crippen molar-refractivity contribution in [1.29, 1.82) is 0 Å². The lowest BCUT2D eigenvalue weighted by Gasteiger charge is -2.13. The molecule has 0 unspecified atom stereocenters. The van der Waals surface area contributed by atoms with Crippen LogP contribution in [0.25, 0.3) is 0 Å². The zero-order valence-corrected chi connectivity index (χ0v) is 21.4. The van der Waals surface area contributed by atoms with Crippen LogP contribution in [0.15, 0.2) is 55.2 Å². The summed E-state index contributed by atoms with van der Waals surface area (Å²) in [4.78, 5) is 41.8. The lowest BCUT2D eigenvalue weighted by atomic mass is 10.1. The molecule has 1 aromatic carbocycles. The predicted molar refractivity (Wildman–Crippen MR) is 137 cm³/mol. The van der Waals surface area contributed by atoms with E-state index in [9.17, 15) is 22.8 Å². The van der Waals surface area contributed by atoms with Crippen LogP contribution in [0.1, 0.15) is 49.3 Å². The van der Waals surface area contributed by atoms with Gasteiger partial charge in [0.25, 0.3) is 11.8 Å². The fourth-order valence-electron chi connectivity index (χ4n) is 3.30. The Kier molecular flexibility index (Phi) is 7.88. The quantitative estimate of drug-likeness (QED) is 0.261. The van der Waals surface area contributed by atoms with Gasteiger partial charge in [0, 0.05) is 23.8 Å². The number of nitrogens with zero attached hydrogens (tertiary/aromatic N) is 4. The third-order valence-electron chi connectivity index (χ3n) is 5.21. The van der Waals surface area contributed by atoms with Crippen molar-refractivity contribution in [2.75, 3.05) is 10.6 Å². The summed E-state index contributed by atoms with van der Waals surface area (Å²) in [5.41, 5.74) is -0.198. The zero-order valence-electron chi connectivity index (χ0n) is 19.8. The molecule has 0 saturated heterocycles. The molecule has 38 heavy (non-hydrogen) atoms. The van der Waals surface area contributed by atoms with Gasteiger partial charge in [0.05, 0.1) is 17.8 Å². The lowest BCUT2D eigenvalue weighted by molar-refractivity contribution is -0.138. The van der Waals surface area contributed by atoms with Crippen LogP contribution in [-0.2, 0) is 6.18 Å². The van der Waals surface area contributed by atoms with Gasteiger partial charge in [0.1, 0.15) is 21.2 Å². The van der Waals surface area contributed by atoms with E-state index >= 15 is 0 Å². The number of anilines is 3.